The predicted octanol–water partition coefficient (Wildman–Crippen LogP) is 6.06. The highest BCUT2D eigenvalue weighted by atomic mass is 32.2. The maximum Gasteiger partial charge on any atom is 0.408 e. The van der Waals surface area contributed by atoms with E-state index < -0.39 is 33.3 Å². The maximum absolute atomic E-state index is 15.6. The van der Waals surface area contributed by atoms with Crippen molar-refractivity contribution in [1.82, 2.24) is 14.3 Å². The molecule has 0 saturated heterocycles. The minimum absolute atomic E-state index is 0.0562. The number of halogens is 4. The van der Waals surface area contributed by atoms with Crippen LogP contribution in [0.3, 0.4) is 0 Å². The average molecular weight is 524 g/mol. The Morgan fingerprint density at radius 2 is 1.86 bits per heavy atom. The van der Waals surface area contributed by atoms with Gasteiger partial charge in [-0.05, 0) is 73.8 Å². The Hall–Kier alpha value is -2.46. The number of aromatic nitrogens is 2. The number of fused-ring (bicyclic) bond motifs is 2. The van der Waals surface area contributed by atoms with E-state index >= 15 is 4.39 Å². The monoisotopic (exact) mass is 523 g/mol. The molecule has 2 heterocycles. The van der Waals surface area contributed by atoms with Gasteiger partial charge in [0.1, 0.15) is 11.9 Å². The van der Waals surface area contributed by atoms with Crippen LogP contribution < -0.4 is 4.72 Å². The normalized spacial score (nSPS) is 17.5. The molecule has 10 heteroatoms. The summed E-state index contributed by atoms with van der Waals surface area (Å²) in [7, 11) is -4.15. The van der Waals surface area contributed by atoms with Gasteiger partial charge in [0.15, 0.2) is 0 Å². The molecule has 1 atom stereocenters. The van der Waals surface area contributed by atoms with Crippen molar-refractivity contribution in [3.63, 3.8) is 0 Å². The number of pyridine rings is 1. The molecule has 2 aliphatic carbocycles. The van der Waals surface area contributed by atoms with E-state index in [9.17, 15) is 21.6 Å². The number of rotatable bonds is 7. The minimum atomic E-state index is -4.89. The summed E-state index contributed by atoms with van der Waals surface area (Å²) >= 11 is 0. The highest BCUT2D eigenvalue weighted by Crippen LogP contribution is 2.42. The molecule has 194 valence electrons. The molecule has 1 fully saturated rings. The minimum Gasteiger partial charge on any atom is -0.347 e. The number of benzene rings is 1. The van der Waals surface area contributed by atoms with Gasteiger partial charge in [-0.15, -0.1) is 0 Å². The van der Waals surface area contributed by atoms with Crippen LogP contribution in [0.1, 0.15) is 62.4 Å². The Bertz CT molecular complexity index is 1410. The Morgan fingerprint density at radius 3 is 2.53 bits per heavy atom. The molecular formula is C26H29F4N3O2S. The highest BCUT2D eigenvalue weighted by molar-refractivity contribution is 7.90. The zero-order valence-electron chi connectivity index (χ0n) is 20.2. The summed E-state index contributed by atoms with van der Waals surface area (Å²) in [6.45, 7) is 4.27. The largest absolute Gasteiger partial charge is 0.408 e. The van der Waals surface area contributed by atoms with Crippen LogP contribution in [0.2, 0.25) is 0 Å². The number of sulfonamides is 1. The predicted molar refractivity (Wildman–Crippen MR) is 130 cm³/mol. The van der Waals surface area contributed by atoms with Crippen molar-refractivity contribution < 1.29 is 26.0 Å². The van der Waals surface area contributed by atoms with E-state index in [0.717, 1.165) is 43.0 Å². The molecule has 0 spiro atoms. The lowest BCUT2D eigenvalue weighted by molar-refractivity contribution is -0.152. The molecule has 0 aliphatic heterocycles. The third kappa shape index (κ3) is 4.77. The van der Waals surface area contributed by atoms with Crippen LogP contribution >= 0.6 is 0 Å². The van der Waals surface area contributed by atoms with E-state index in [0.29, 0.717) is 36.0 Å². The Balaban J connectivity index is 1.69. The summed E-state index contributed by atoms with van der Waals surface area (Å²) in [4.78, 5) is 4.44. The van der Waals surface area contributed by atoms with Crippen LogP contribution in [-0.2, 0) is 29.4 Å². The molecule has 0 radical (unpaired) electrons. The lowest BCUT2D eigenvalue weighted by atomic mass is 9.89. The second kappa shape index (κ2) is 9.13. The number of nitrogens with zero attached hydrogens (tertiary/aromatic N) is 2. The molecule has 1 saturated carbocycles. The van der Waals surface area contributed by atoms with Crippen molar-refractivity contribution in [2.75, 3.05) is 0 Å². The number of hydrogen-bond acceptors (Lipinski definition) is 3. The number of alkyl halides is 3. The Kier molecular flexibility index (Phi) is 6.39. The van der Waals surface area contributed by atoms with Crippen LogP contribution in [0.15, 0.2) is 30.6 Å². The first-order chi connectivity index (χ1) is 17.0. The molecule has 5 rings (SSSR count). The van der Waals surface area contributed by atoms with Gasteiger partial charge in [0, 0.05) is 46.7 Å². The van der Waals surface area contributed by atoms with Crippen molar-refractivity contribution in [2.45, 2.75) is 76.4 Å². The van der Waals surface area contributed by atoms with Crippen LogP contribution in [0.5, 0.6) is 0 Å². The SMILES string of the molecule is CC(C)Cn1cc([C@H](NS(=O)(=O)C2CC2)C(F)(F)F)c2cc(F)c(-c3ccnc4c3CCCC4)cc21. The maximum atomic E-state index is 15.6. The molecular weight excluding hydrogens is 494 g/mol. The number of aryl methyl sites for hydroxylation is 1. The molecule has 0 bridgehead atoms. The summed E-state index contributed by atoms with van der Waals surface area (Å²) in [5.41, 5.74) is 3.10. The fourth-order valence-corrected chi connectivity index (χ4v) is 6.68. The molecule has 2 aliphatic rings. The standard InChI is InChI=1S/C26H29F4N3O2S/c1-15(2)13-33-14-21(25(26(28,29)30)32-36(34,35)16-7-8-16)20-11-22(27)19(12-24(20)33)17-9-10-31-23-6-4-3-5-18(17)23/h9-12,14-16,25,32H,3-8,13H2,1-2H3/t25-/m0/s1. The van der Waals surface area contributed by atoms with Crippen LogP contribution in [0, 0.1) is 11.7 Å². The smallest absolute Gasteiger partial charge is 0.347 e. The van der Waals surface area contributed by atoms with E-state index in [4.69, 9.17) is 0 Å². The van der Waals surface area contributed by atoms with E-state index in [1.165, 1.54) is 6.20 Å². The van der Waals surface area contributed by atoms with Crippen LogP contribution in [0.25, 0.3) is 22.0 Å². The van der Waals surface area contributed by atoms with Crippen molar-refractivity contribution >= 4 is 20.9 Å². The zero-order chi connectivity index (χ0) is 25.8. The molecule has 36 heavy (non-hydrogen) atoms. The molecule has 1 N–H and O–H groups in total. The topological polar surface area (TPSA) is 64.0 Å². The second-order valence-corrected chi connectivity index (χ2v) is 12.3. The van der Waals surface area contributed by atoms with Crippen LogP contribution in [0.4, 0.5) is 17.6 Å². The van der Waals surface area contributed by atoms with Gasteiger partial charge in [0.2, 0.25) is 10.0 Å². The van der Waals surface area contributed by atoms with Crippen LogP contribution in [-0.4, -0.2) is 29.4 Å². The summed E-state index contributed by atoms with van der Waals surface area (Å²) in [5, 5.41) is -0.756. The summed E-state index contributed by atoms with van der Waals surface area (Å²) in [5.74, 6) is -0.542. The molecule has 1 aromatic carbocycles. The Morgan fingerprint density at radius 1 is 1.14 bits per heavy atom. The molecule has 0 unspecified atom stereocenters. The number of hydrogen-bond donors (Lipinski definition) is 1. The van der Waals surface area contributed by atoms with Gasteiger partial charge in [0.05, 0.1) is 5.25 Å². The van der Waals surface area contributed by atoms with Gasteiger partial charge < -0.3 is 4.57 Å². The second-order valence-electron chi connectivity index (χ2n) is 10.3. The van der Waals surface area contributed by atoms with Crippen molar-refractivity contribution in [2.24, 2.45) is 5.92 Å². The summed E-state index contributed by atoms with van der Waals surface area (Å²) in [6, 6.07) is 2.02. The van der Waals surface area contributed by atoms with E-state index in [-0.39, 0.29) is 16.9 Å². The first-order valence-corrected chi connectivity index (χ1v) is 13.9. The van der Waals surface area contributed by atoms with E-state index in [1.807, 2.05) is 18.6 Å². The fraction of sp³-hybridized carbons (Fsp3) is 0.500. The summed E-state index contributed by atoms with van der Waals surface area (Å²) in [6.07, 6.45) is 2.32. The van der Waals surface area contributed by atoms with Gasteiger partial charge in [-0.25, -0.2) is 12.8 Å². The lowest BCUT2D eigenvalue weighted by Crippen LogP contribution is -2.39. The van der Waals surface area contributed by atoms with Crippen molar-refractivity contribution in [3.05, 3.63) is 53.2 Å². The van der Waals surface area contributed by atoms with Gasteiger partial charge in [-0.1, -0.05) is 13.8 Å². The molecule has 5 nitrogen and oxygen atoms in total. The van der Waals surface area contributed by atoms with Gasteiger partial charge in [-0.3, -0.25) is 4.98 Å². The lowest BCUT2D eigenvalue weighted by Gasteiger charge is -2.21. The first-order valence-electron chi connectivity index (χ1n) is 12.3. The molecule has 3 aromatic rings. The molecule has 2 aromatic heterocycles. The van der Waals surface area contributed by atoms with Gasteiger partial charge >= 0.3 is 6.18 Å². The van der Waals surface area contributed by atoms with E-state index in [1.54, 1.807) is 22.9 Å². The first kappa shape index (κ1) is 25.2. The quantitative estimate of drug-likeness (QED) is 0.383. The fourth-order valence-electron chi connectivity index (χ4n) is 5.14. The summed E-state index contributed by atoms with van der Waals surface area (Å²) < 4.78 is 86.8. The third-order valence-corrected chi connectivity index (χ3v) is 8.89. The zero-order valence-corrected chi connectivity index (χ0v) is 21.0. The Labute approximate surface area is 208 Å². The third-order valence-electron chi connectivity index (χ3n) is 6.97. The molecule has 0 amide bonds. The van der Waals surface area contributed by atoms with Crippen molar-refractivity contribution in [3.8, 4) is 11.1 Å². The van der Waals surface area contributed by atoms with Gasteiger partial charge in [-0.2, -0.15) is 17.9 Å². The average Bonchev–Trinajstić information content (AvgIpc) is 3.61. The highest BCUT2D eigenvalue weighted by Gasteiger charge is 2.47. The number of nitrogens with one attached hydrogen (secondary N) is 1. The van der Waals surface area contributed by atoms with Crippen molar-refractivity contribution in [1.29, 1.82) is 0 Å². The van der Waals surface area contributed by atoms with E-state index in [2.05, 4.69) is 4.98 Å². The van der Waals surface area contributed by atoms with Gasteiger partial charge in [0.25, 0.3) is 0 Å².